The molecule has 0 saturated carbocycles. The Bertz CT molecular complexity index is 255. The zero-order valence-electron chi connectivity index (χ0n) is 7.12. The molecule has 1 rings (SSSR count). The summed E-state index contributed by atoms with van der Waals surface area (Å²) in [6, 6.07) is 3.13. The van der Waals surface area contributed by atoms with Gasteiger partial charge in [0, 0.05) is 7.05 Å². The van der Waals surface area contributed by atoms with Crippen molar-refractivity contribution in [3.8, 4) is 0 Å². The second kappa shape index (κ2) is 3.52. The van der Waals surface area contributed by atoms with Crippen LogP contribution in [0.25, 0.3) is 0 Å². The maximum atomic E-state index is 13.0. The predicted octanol–water partition coefficient (Wildman–Crippen LogP) is 2.57. The molecule has 1 aromatic rings. The van der Waals surface area contributed by atoms with E-state index in [-0.39, 0.29) is 5.69 Å². The molecule has 0 heterocycles. The lowest BCUT2D eigenvalue weighted by molar-refractivity contribution is 0.502. The van der Waals surface area contributed by atoms with Gasteiger partial charge in [0.25, 0.3) is 0 Å². The van der Waals surface area contributed by atoms with Crippen LogP contribution < -0.4 is 5.32 Å². The first-order valence-electron chi connectivity index (χ1n) is 3.85. The second-order valence-electron chi connectivity index (χ2n) is 2.50. The van der Waals surface area contributed by atoms with Gasteiger partial charge in [-0.2, -0.15) is 0 Å². The van der Waals surface area contributed by atoms with E-state index in [0.717, 1.165) is 0 Å². The third-order valence-electron chi connectivity index (χ3n) is 1.81. The van der Waals surface area contributed by atoms with Gasteiger partial charge in [0.05, 0.1) is 5.69 Å². The molecule has 12 heavy (non-hydrogen) atoms. The number of hydrogen-bond acceptors (Lipinski definition) is 1. The van der Waals surface area contributed by atoms with Crippen molar-refractivity contribution >= 4 is 5.69 Å². The monoisotopic (exact) mass is 171 g/mol. The first-order valence-corrected chi connectivity index (χ1v) is 3.85. The molecule has 1 aromatic carbocycles. The fourth-order valence-corrected chi connectivity index (χ4v) is 1.06. The normalized spacial score (nSPS) is 10.0. The van der Waals surface area contributed by atoms with Crippen LogP contribution in [0.2, 0.25) is 0 Å². The van der Waals surface area contributed by atoms with E-state index in [1.165, 1.54) is 6.07 Å². The third-order valence-corrected chi connectivity index (χ3v) is 1.81. The van der Waals surface area contributed by atoms with Gasteiger partial charge in [0.1, 0.15) is 0 Å². The van der Waals surface area contributed by atoms with E-state index in [9.17, 15) is 8.78 Å². The largest absolute Gasteiger partial charge is 0.386 e. The Morgan fingerprint density at radius 3 is 2.42 bits per heavy atom. The summed E-state index contributed by atoms with van der Waals surface area (Å²) >= 11 is 0. The van der Waals surface area contributed by atoms with Gasteiger partial charge < -0.3 is 5.32 Å². The van der Waals surface area contributed by atoms with Crippen LogP contribution in [0.1, 0.15) is 12.5 Å². The van der Waals surface area contributed by atoms with Crippen molar-refractivity contribution in [1.82, 2.24) is 0 Å². The van der Waals surface area contributed by atoms with Gasteiger partial charge in [-0.25, -0.2) is 8.78 Å². The lowest BCUT2D eigenvalue weighted by atomic mass is 10.1. The Labute approximate surface area is 70.4 Å². The number of anilines is 1. The highest BCUT2D eigenvalue weighted by Gasteiger charge is 2.10. The summed E-state index contributed by atoms with van der Waals surface area (Å²) in [5, 5.41) is 2.57. The van der Waals surface area contributed by atoms with Crippen LogP contribution in [0.3, 0.4) is 0 Å². The number of hydrogen-bond donors (Lipinski definition) is 1. The summed E-state index contributed by atoms with van der Waals surface area (Å²) in [4.78, 5) is 0. The Morgan fingerprint density at radius 1 is 1.25 bits per heavy atom. The van der Waals surface area contributed by atoms with Crippen LogP contribution in [0.15, 0.2) is 12.1 Å². The van der Waals surface area contributed by atoms with E-state index in [2.05, 4.69) is 5.32 Å². The van der Waals surface area contributed by atoms with Gasteiger partial charge in [-0.1, -0.05) is 13.0 Å². The van der Waals surface area contributed by atoms with Gasteiger partial charge in [-0.15, -0.1) is 0 Å². The van der Waals surface area contributed by atoms with Gasteiger partial charge in [-0.05, 0) is 18.1 Å². The number of benzene rings is 1. The van der Waals surface area contributed by atoms with E-state index in [4.69, 9.17) is 0 Å². The van der Waals surface area contributed by atoms with Crippen molar-refractivity contribution in [2.45, 2.75) is 13.3 Å². The predicted molar refractivity (Wildman–Crippen MR) is 45.3 cm³/mol. The zero-order chi connectivity index (χ0) is 9.14. The van der Waals surface area contributed by atoms with Crippen molar-refractivity contribution in [2.24, 2.45) is 0 Å². The molecule has 0 fully saturated rings. The lowest BCUT2D eigenvalue weighted by Gasteiger charge is -2.05. The van der Waals surface area contributed by atoms with Crippen molar-refractivity contribution in [3.05, 3.63) is 29.3 Å². The summed E-state index contributed by atoms with van der Waals surface area (Å²) in [6.07, 6.45) is 0.507. The molecule has 0 aliphatic carbocycles. The Morgan fingerprint density at radius 2 is 1.92 bits per heavy atom. The van der Waals surface area contributed by atoms with Crippen LogP contribution in [-0.4, -0.2) is 7.05 Å². The zero-order valence-corrected chi connectivity index (χ0v) is 7.12. The molecule has 3 heteroatoms. The van der Waals surface area contributed by atoms with Gasteiger partial charge in [-0.3, -0.25) is 0 Å². The third kappa shape index (κ3) is 1.40. The molecule has 1 nitrogen and oxygen atoms in total. The molecular formula is C9H11F2N. The number of nitrogens with one attached hydrogen (secondary N) is 1. The van der Waals surface area contributed by atoms with Crippen LogP contribution in [0.4, 0.5) is 14.5 Å². The van der Waals surface area contributed by atoms with Gasteiger partial charge in [0.15, 0.2) is 11.6 Å². The molecule has 0 aliphatic heterocycles. The SMILES string of the molecule is CCc1ccc(NC)c(F)c1F. The highest BCUT2D eigenvalue weighted by molar-refractivity contribution is 5.46. The maximum Gasteiger partial charge on any atom is 0.182 e. The minimum Gasteiger partial charge on any atom is -0.386 e. The maximum absolute atomic E-state index is 13.0. The average Bonchev–Trinajstić information content (AvgIpc) is 2.10. The Balaban J connectivity index is 3.20. The first-order chi connectivity index (χ1) is 5.70. The average molecular weight is 171 g/mol. The van der Waals surface area contributed by atoms with Crippen LogP contribution >= 0.6 is 0 Å². The summed E-state index contributed by atoms with van der Waals surface area (Å²) in [6.45, 7) is 1.79. The fourth-order valence-electron chi connectivity index (χ4n) is 1.06. The van der Waals surface area contributed by atoms with Crippen molar-refractivity contribution in [2.75, 3.05) is 12.4 Å². The highest BCUT2D eigenvalue weighted by Crippen LogP contribution is 2.20. The van der Waals surface area contributed by atoms with E-state index in [1.807, 2.05) is 0 Å². The minimum atomic E-state index is -0.795. The molecule has 0 bridgehead atoms. The molecule has 1 N–H and O–H groups in total. The van der Waals surface area contributed by atoms with E-state index in [0.29, 0.717) is 12.0 Å². The topological polar surface area (TPSA) is 12.0 Å². The summed E-state index contributed by atoms with van der Waals surface area (Å²) in [5.74, 6) is -1.54. The molecule has 0 atom stereocenters. The number of halogens is 2. The molecule has 0 aromatic heterocycles. The number of rotatable bonds is 2. The van der Waals surface area contributed by atoms with Gasteiger partial charge >= 0.3 is 0 Å². The molecular weight excluding hydrogens is 160 g/mol. The van der Waals surface area contributed by atoms with Crippen molar-refractivity contribution < 1.29 is 8.78 Å². The van der Waals surface area contributed by atoms with Crippen LogP contribution in [-0.2, 0) is 6.42 Å². The molecule has 0 saturated heterocycles. The Kier molecular flexibility index (Phi) is 2.63. The molecule has 0 aliphatic rings. The van der Waals surface area contributed by atoms with E-state index in [1.54, 1.807) is 20.0 Å². The molecule has 0 spiro atoms. The van der Waals surface area contributed by atoms with Crippen LogP contribution in [0.5, 0.6) is 0 Å². The lowest BCUT2D eigenvalue weighted by Crippen LogP contribution is -1.98. The molecule has 0 amide bonds. The fraction of sp³-hybridized carbons (Fsp3) is 0.333. The highest BCUT2D eigenvalue weighted by atomic mass is 19.2. The molecule has 0 unspecified atom stereocenters. The summed E-state index contributed by atoms with van der Waals surface area (Å²) < 4.78 is 26.0. The first kappa shape index (κ1) is 8.97. The minimum absolute atomic E-state index is 0.199. The summed E-state index contributed by atoms with van der Waals surface area (Å²) in [5.41, 5.74) is 0.608. The summed E-state index contributed by atoms with van der Waals surface area (Å²) in [7, 11) is 1.56. The molecule has 66 valence electrons. The standard InChI is InChI=1S/C9H11F2N/c1-3-6-4-5-7(12-2)9(11)8(6)10/h4-5,12H,3H2,1-2H3. The van der Waals surface area contributed by atoms with E-state index < -0.39 is 11.6 Å². The van der Waals surface area contributed by atoms with E-state index >= 15 is 0 Å². The van der Waals surface area contributed by atoms with Crippen LogP contribution in [0, 0.1) is 11.6 Å². The van der Waals surface area contributed by atoms with Gasteiger partial charge in [0.2, 0.25) is 0 Å². The van der Waals surface area contributed by atoms with Crippen molar-refractivity contribution in [1.29, 1.82) is 0 Å². The quantitative estimate of drug-likeness (QED) is 0.721. The smallest absolute Gasteiger partial charge is 0.182 e. The molecule has 0 radical (unpaired) electrons. The Hall–Kier alpha value is -1.12. The second-order valence-corrected chi connectivity index (χ2v) is 2.50. The van der Waals surface area contributed by atoms with Crippen molar-refractivity contribution in [3.63, 3.8) is 0 Å². The number of aryl methyl sites for hydroxylation is 1.